The minimum atomic E-state index is -1.08. The molecule has 0 bridgehead atoms. The van der Waals surface area contributed by atoms with Gasteiger partial charge in [0.05, 0.1) is 12.2 Å². The van der Waals surface area contributed by atoms with E-state index in [2.05, 4.69) is 19.2 Å². The summed E-state index contributed by atoms with van der Waals surface area (Å²) in [6.45, 7) is 7.88. The molecule has 1 aromatic rings. The summed E-state index contributed by atoms with van der Waals surface area (Å²) in [4.78, 5) is 23.3. The van der Waals surface area contributed by atoms with Crippen molar-refractivity contribution in [3.63, 3.8) is 0 Å². The zero-order chi connectivity index (χ0) is 19.5. The van der Waals surface area contributed by atoms with Crippen molar-refractivity contribution in [2.45, 2.75) is 45.8 Å². The first-order valence-electron chi connectivity index (χ1n) is 8.62. The molecule has 2 rings (SSSR count). The summed E-state index contributed by atoms with van der Waals surface area (Å²) in [6.07, 6.45) is 0.736. The summed E-state index contributed by atoms with van der Waals surface area (Å²) in [5.74, 6) is -0.660. The lowest BCUT2D eigenvalue weighted by Crippen LogP contribution is -2.68. The molecule has 1 fully saturated rings. The number of aliphatic carboxylic acids is 1. The van der Waals surface area contributed by atoms with E-state index in [-0.39, 0.29) is 23.0 Å². The Morgan fingerprint density at radius 3 is 2.46 bits per heavy atom. The Hall–Kier alpha value is -2.28. The van der Waals surface area contributed by atoms with Gasteiger partial charge in [0.15, 0.2) is 18.1 Å². The second-order valence-corrected chi connectivity index (χ2v) is 7.16. The van der Waals surface area contributed by atoms with E-state index in [1.807, 2.05) is 6.92 Å². The monoisotopic (exact) mass is 365 g/mol. The topological polar surface area (TPSA) is 94.1 Å². The molecular formula is C19H27NO6. The van der Waals surface area contributed by atoms with Crippen molar-refractivity contribution in [3.8, 4) is 11.5 Å². The number of benzene rings is 1. The van der Waals surface area contributed by atoms with Crippen molar-refractivity contribution in [1.82, 2.24) is 5.32 Å². The Kier molecular flexibility index (Phi) is 5.81. The predicted molar refractivity (Wildman–Crippen MR) is 95.8 cm³/mol. The van der Waals surface area contributed by atoms with Gasteiger partial charge in [-0.25, -0.2) is 4.79 Å². The van der Waals surface area contributed by atoms with Crippen LogP contribution in [0.2, 0.25) is 0 Å². The van der Waals surface area contributed by atoms with E-state index >= 15 is 0 Å². The van der Waals surface area contributed by atoms with Crippen LogP contribution in [0.25, 0.3) is 0 Å². The minimum Gasteiger partial charge on any atom is -0.490 e. The smallest absolute Gasteiger partial charge is 0.341 e. The van der Waals surface area contributed by atoms with Crippen molar-refractivity contribution >= 4 is 11.9 Å². The molecule has 0 spiro atoms. The van der Waals surface area contributed by atoms with Gasteiger partial charge in [-0.1, -0.05) is 13.8 Å². The molecule has 1 aromatic carbocycles. The first-order valence-corrected chi connectivity index (χ1v) is 8.62. The molecule has 144 valence electrons. The Balaban J connectivity index is 2.12. The number of carboxylic acids is 1. The van der Waals surface area contributed by atoms with Gasteiger partial charge in [0.25, 0.3) is 5.91 Å². The number of hydrogen-bond acceptors (Lipinski definition) is 5. The summed E-state index contributed by atoms with van der Waals surface area (Å²) < 4.78 is 16.3. The molecule has 1 aliphatic carbocycles. The second-order valence-electron chi connectivity index (χ2n) is 7.16. The molecule has 1 aliphatic rings. The Morgan fingerprint density at radius 1 is 1.23 bits per heavy atom. The fraction of sp³-hybridized carbons (Fsp3) is 0.579. The number of rotatable bonds is 8. The van der Waals surface area contributed by atoms with Crippen LogP contribution < -0.4 is 14.8 Å². The van der Waals surface area contributed by atoms with E-state index in [9.17, 15) is 9.59 Å². The van der Waals surface area contributed by atoms with E-state index in [1.54, 1.807) is 32.2 Å². The fourth-order valence-corrected chi connectivity index (χ4v) is 3.14. The quantitative estimate of drug-likeness (QED) is 0.735. The number of hydrogen-bond donors (Lipinski definition) is 2. The van der Waals surface area contributed by atoms with Gasteiger partial charge in [0, 0.05) is 24.1 Å². The third-order valence-electron chi connectivity index (χ3n) is 5.44. The van der Waals surface area contributed by atoms with Crippen LogP contribution >= 0.6 is 0 Å². The van der Waals surface area contributed by atoms with Crippen LogP contribution in [0.3, 0.4) is 0 Å². The van der Waals surface area contributed by atoms with E-state index < -0.39 is 12.6 Å². The van der Waals surface area contributed by atoms with Gasteiger partial charge in [-0.3, -0.25) is 4.79 Å². The number of methoxy groups -OCH3 is 1. The molecule has 0 heterocycles. The Bertz CT molecular complexity index is 687. The van der Waals surface area contributed by atoms with Crippen LogP contribution in [-0.4, -0.2) is 48.9 Å². The maximum atomic E-state index is 12.6. The number of carboxylic acid groups (broad SMARTS) is 1. The molecule has 0 aromatic heterocycles. The summed E-state index contributed by atoms with van der Waals surface area (Å²) in [5, 5.41) is 11.8. The molecule has 7 heteroatoms. The van der Waals surface area contributed by atoms with Crippen LogP contribution in [-0.2, 0) is 9.53 Å². The largest absolute Gasteiger partial charge is 0.490 e. The predicted octanol–water partition coefficient (Wildman–Crippen LogP) is 2.48. The number of carbonyl (C=O) groups excluding carboxylic acids is 1. The summed E-state index contributed by atoms with van der Waals surface area (Å²) >= 11 is 0. The maximum absolute atomic E-state index is 12.6. The third kappa shape index (κ3) is 3.77. The summed E-state index contributed by atoms with van der Waals surface area (Å²) in [5.41, 5.74) is -0.0290. The molecule has 0 aliphatic heterocycles. The zero-order valence-corrected chi connectivity index (χ0v) is 15.9. The average molecular weight is 365 g/mol. The van der Waals surface area contributed by atoms with E-state index in [1.165, 1.54) is 0 Å². The normalized spacial score (nSPS) is 23.7. The second kappa shape index (κ2) is 7.53. The average Bonchev–Trinajstić information content (AvgIpc) is 2.59. The lowest BCUT2D eigenvalue weighted by atomic mass is 9.56. The van der Waals surface area contributed by atoms with Gasteiger partial charge in [0.2, 0.25) is 0 Å². The highest BCUT2D eigenvalue weighted by molar-refractivity contribution is 5.95. The van der Waals surface area contributed by atoms with Crippen molar-refractivity contribution in [3.05, 3.63) is 23.8 Å². The third-order valence-corrected chi connectivity index (χ3v) is 5.44. The van der Waals surface area contributed by atoms with E-state index in [0.29, 0.717) is 23.7 Å². The van der Waals surface area contributed by atoms with Crippen LogP contribution in [0.15, 0.2) is 18.2 Å². The molecule has 7 nitrogen and oxygen atoms in total. The lowest BCUT2D eigenvalue weighted by molar-refractivity contribution is -0.177. The van der Waals surface area contributed by atoms with Crippen molar-refractivity contribution < 1.29 is 28.9 Å². The fourth-order valence-electron chi connectivity index (χ4n) is 3.14. The minimum absolute atomic E-state index is 0.00145. The highest BCUT2D eigenvalue weighted by Gasteiger charge is 2.58. The van der Waals surface area contributed by atoms with Gasteiger partial charge >= 0.3 is 5.97 Å². The first-order chi connectivity index (χ1) is 12.1. The lowest BCUT2D eigenvalue weighted by Gasteiger charge is -2.59. The molecule has 0 radical (unpaired) electrons. The molecule has 2 N–H and O–H groups in total. The van der Waals surface area contributed by atoms with Gasteiger partial charge < -0.3 is 24.6 Å². The molecule has 0 saturated heterocycles. The van der Waals surface area contributed by atoms with Crippen LogP contribution in [0.1, 0.15) is 44.5 Å². The van der Waals surface area contributed by atoms with Crippen LogP contribution in [0.4, 0.5) is 0 Å². The Morgan fingerprint density at radius 2 is 1.92 bits per heavy atom. The van der Waals surface area contributed by atoms with Gasteiger partial charge in [-0.15, -0.1) is 0 Å². The SMILES string of the molecule is CCOc1cc(C(=O)N[C@H]2C[C@](C)(OC)C2(C)C)ccc1OCC(=O)O. The van der Waals surface area contributed by atoms with Gasteiger partial charge in [-0.05, 0) is 38.5 Å². The Labute approximate surface area is 153 Å². The van der Waals surface area contributed by atoms with Crippen molar-refractivity contribution in [2.75, 3.05) is 20.3 Å². The number of carbonyl (C=O) groups is 2. The molecule has 0 unspecified atom stereocenters. The highest BCUT2D eigenvalue weighted by atomic mass is 16.5. The number of nitrogens with one attached hydrogen (secondary N) is 1. The first kappa shape index (κ1) is 20.0. The molecule has 1 amide bonds. The molecule has 26 heavy (non-hydrogen) atoms. The molecule has 1 saturated carbocycles. The molecular weight excluding hydrogens is 338 g/mol. The van der Waals surface area contributed by atoms with E-state index in [0.717, 1.165) is 6.42 Å². The maximum Gasteiger partial charge on any atom is 0.341 e. The standard InChI is InChI=1S/C19H27NO6/c1-6-25-14-9-12(7-8-13(14)26-11-16(21)22)17(23)20-15-10-19(4,24-5)18(15,2)3/h7-9,15H,6,10-11H2,1-5H3,(H,20,23)(H,21,22)/t15-,19-/m0/s1. The van der Waals surface area contributed by atoms with Gasteiger partial charge in [-0.2, -0.15) is 0 Å². The zero-order valence-electron chi connectivity index (χ0n) is 15.9. The van der Waals surface area contributed by atoms with E-state index in [4.69, 9.17) is 19.3 Å². The van der Waals surface area contributed by atoms with Crippen LogP contribution in [0.5, 0.6) is 11.5 Å². The van der Waals surface area contributed by atoms with Crippen molar-refractivity contribution in [2.24, 2.45) is 5.41 Å². The summed E-state index contributed by atoms with van der Waals surface area (Å²) in [6, 6.07) is 4.71. The molecule has 2 atom stereocenters. The van der Waals surface area contributed by atoms with Gasteiger partial charge in [0.1, 0.15) is 0 Å². The number of ether oxygens (including phenoxy) is 3. The highest BCUT2D eigenvalue weighted by Crippen LogP contribution is 2.51. The van der Waals surface area contributed by atoms with Crippen molar-refractivity contribution in [1.29, 1.82) is 0 Å². The van der Waals surface area contributed by atoms with Crippen LogP contribution in [0, 0.1) is 5.41 Å². The number of amides is 1. The summed E-state index contributed by atoms with van der Waals surface area (Å²) in [7, 11) is 1.68.